The molecule has 0 bridgehead atoms. The van der Waals surface area contributed by atoms with E-state index in [1.165, 1.54) is 0 Å². The highest BCUT2D eigenvalue weighted by Crippen LogP contribution is 2.03. The zero-order valence-electron chi connectivity index (χ0n) is 17.5. The second kappa shape index (κ2) is 16.3. The molecule has 2 radical (unpaired) electrons. The zero-order valence-corrected chi connectivity index (χ0v) is 17.5. The highest BCUT2D eigenvalue weighted by Gasteiger charge is 2.27. The summed E-state index contributed by atoms with van der Waals surface area (Å²) in [5, 5.41) is 19.0. The molecule has 11 nitrogen and oxygen atoms in total. The van der Waals surface area contributed by atoms with Crippen molar-refractivity contribution in [1.29, 1.82) is 0 Å². The van der Waals surface area contributed by atoms with Crippen LogP contribution < -0.4 is 27.0 Å². The minimum Gasteiger partial charge on any atom is -0.480 e. The number of carbonyl (C=O) groups is 5. The van der Waals surface area contributed by atoms with Crippen molar-refractivity contribution in [3.05, 3.63) is 13.1 Å². The summed E-state index contributed by atoms with van der Waals surface area (Å²) >= 11 is 0. The minimum absolute atomic E-state index is 0.263. The van der Waals surface area contributed by atoms with Crippen LogP contribution in [-0.4, -0.2) is 59.8 Å². The third kappa shape index (κ3) is 12.8. The van der Waals surface area contributed by atoms with Crippen LogP contribution in [0.4, 0.5) is 0 Å². The topological polar surface area (TPSA) is 180 Å². The third-order valence-electron chi connectivity index (χ3n) is 3.95. The fourth-order valence-electron chi connectivity index (χ4n) is 2.44. The first kappa shape index (κ1) is 27.5. The summed E-state index contributed by atoms with van der Waals surface area (Å²) in [6.45, 7) is 6.43. The maximum Gasteiger partial charge on any atom is 0.326 e. The molecule has 0 saturated heterocycles. The van der Waals surface area contributed by atoms with Gasteiger partial charge < -0.3 is 32.1 Å². The molecule has 0 rings (SSSR count). The van der Waals surface area contributed by atoms with Crippen LogP contribution >= 0.6 is 0 Å². The molecule has 30 heavy (non-hydrogen) atoms. The Balaban J connectivity index is 4.56. The van der Waals surface area contributed by atoms with Gasteiger partial charge in [-0.15, -0.1) is 0 Å². The molecule has 11 heteroatoms. The molecule has 2 unspecified atom stereocenters. The fraction of sp³-hybridized carbons (Fsp3) is 0.632. The van der Waals surface area contributed by atoms with Gasteiger partial charge in [0.2, 0.25) is 17.7 Å². The lowest BCUT2D eigenvalue weighted by atomic mass is 10.1. The molecule has 0 saturated carbocycles. The molecule has 0 fully saturated rings. The van der Waals surface area contributed by atoms with Crippen LogP contribution in [0.3, 0.4) is 0 Å². The second-order valence-electron chi connectivity index (χ2n) is 6.58. The number of nitrogens with two attached hydrogens (primary N) is 1. The monoisotopic (exact) mass is 427 g/mol. The highest BCUT2D eigenvalue weighted by molar-refractivity contribution is 5.96. The number of ketones is 1. The largest absolute Gasteiger partial charge is 0.480 e. The quantitative estimate of drug-likeness (QED) is 0.160. The van der Waals surface area contributed by atoms with Gasteiger partial charge in [-0.05, 0) is 32.4 Å². The number of Topliss-reactive ketones (excluding diaryl/α,β-unsaturated/α-hetero) is 1. The number of nitrogens with one attached hydrogen (secondary N) is 4. The van der Waals surface area contributed by atoms with E-state index in [9.17, 15) is 29.1 Å². The Kier molecular flexibility index (Phi) is 14.9. The van der Waals surface area contributed by atoms with Gasteiger partial charge in [0.05, 0.1) is 12.5 Å². The number of amides is 3. The molecular weight excluding hydrogens is 394 g/mol. The van der Waals surface area contributed by atoms with E-state index in [0.717, 1.165) is 19.5 Å². The number of aliphatic carboxylic acids is 1. The normalized spacial score (nSPS) is 12.5. The average Bonchev–Trinajstić information content (AvgIpc) is 2.69. The van der Waals surface area contributed by atoms with Crippen LogP contribution in [0.25, 0.3) is 0 Å². The van der Waals surface area contributed by atoms with Gasteiger partial charge in [-0.1, -0.05) is 20.3 Å². The first-order valence-corrected chi connectivity index (χ1v) is 10.0. The van der Waals surface area contributed by atoms with Crippen molar-refractivity contribution in [3.63, 3.8) is 0 Å². The Morgan fingerprint density at radius 1 is 1.00 bits per heavy atom. The van der Waals surface area contributed by atoms with Crippen molar-refractivity contribution in [1.82, 2.24) is 21.3 Å². The maximum absolute atomic E-state index is 12.4. The molecule has 0 heterocycles. The van der Waals surface area contributed by atoms with Gasteiger partial charge in [-0.25, -0.2) is 4.79 Å². The number of carboxylic acid groups (broad SMARTS) is 1. The molecule has 0 aromatic heterocycles. The molecule has 0 aromatic rings. The number of likely N-dealkylation sites (N-methyl/N-ethyl adjacent to an activating group) is 1. The number of carbonyl (C=O) groups excluding carboxylic acids is 4. The summed E-state index contributed by atoms with van der Waals surface area (Å²) in [4.78, 5) is 58.6. The van der Waals surface area contributed by atoms with Crippen LogP contribution in [0, 0.1) is 13.1 Å². The molecular formula is C19H33N5O6. The van der Waals surface area contributed by atoms with Gasteiger partial charge in [-0.3, -0.25) is 19.2 Å². The van der Waals surface area contributed by atoms with E-state index in [0.29, 0.717) is 32.4 Å². The van der Waals surface area contributed by atoms with Gasteiger partial charge in [0, 0.05) is 6.42 Å². The molecule has 2 atom stereocenters. The van der Waals surface area contributed by atoms with Crippen molar-refractivity contribution >= 4 is 29.5 Å². The summed E-state index contributed by atoms with van der Waals surface area (Å²) in [6, 6.07) is -2.05. The highest BCUT2D eigenvalue weighted by atomic mass is 16.4. The Hall–Kier alpha value is -2.53. The molecule has 0 aliphatic carbocycles. The Bertz CT molecular complexity index is 584. The van der Waals surface area contributed by atoms with E-state index in [-0.39, 0.29) is 12.2 Å². The second-order valence-corrected chi connectivity index (χ2v) is 6.58. The SMILES string of the molecule is CCCC(=O)[CH]NC(=O)[CH]NC(=O)CC(NC(=O)C(CCCCN)NCC)C(=O)O. The van der Waals surface area contributed by atoms with Crippen molar-refractivity contribution in [2.75, 3.05) is 13.1 Å². The van der Waals surface area contributed by atoms with E-state index in [4.69, 9.17) is 5.73 Å². The van der Waals surface area contributed by atoms with Gasteiger partial charge in [-0.2, -0.15) is 0 Å². The fourth-order valence-corrected chi connectivity index (χ4v) is 2.44. The predicted molar refractivity (Wildman–Crippen MR) is 109 cm³/mol. The Morgan fingerprint density at radius 3 is 2.27 bits per heavy atom. The average molecular weight is 428 g/mol. The minimum atomic E-state index is -1.46. The standard InChI is InChI=1S/C19H33N5O6/c1-3-7-13(25)11-22-17(27)12-23-16(26)10-15(19(29)30)24-18(28)14(21-4-2)8-5-6-9-20/h11-12,14-15,21H,3-10,20H2,1-2H3,(H,22,27)(H,23,26)(H,24,28)(H,29,30). The van der Waals surface area contributed by atoms with Gasteiger partial charge >= 0.3 is 5.97 Å². The number of rotatable bonds is 17. The van der Waals surface area contributed by atoms with Gasteiger partial charge in [0.25, 0.3) is 0 Å². The van der Waals surface area contributed by atoms with E-state index >= 15 is 0 Å². The predicted octanol–water partition coefficient (Wildman–Crippen LogP) is -1.02. The zero-order chi connectivity index (χ0) is 22.9. The molecule has 7 N–H and O–H groups in total. The van der Waals surface area contributed by atoms with Crippen molar-refractivity contribution in [3.8, 4) is 0 Å². The summed E-state index contributed by atoms with van der Waals surface area (Å²) < 4.78 is 0. The first-order chi connectivity index (χ1) is 14.2. The third-order valence-corrected chi connectivity index (χ3v) is 3.95. The molecule has 0 aliphatic heterocycles. The van der Waals surface area contributed by atoms with Crippen LogP contribution in [0.2, 0.25) is 0 Å². The summed E-state index contributed by atoms with van der Waals surface area (Å²) in [6.07, 6.45) is 2.27. The number of carboxylic acids is 1. The van der Waals surface area contributed by atoms with Gasteiger partial charge in [0.1, 0.15) is 19.1 Å². The van der Waals surface area contributed by atoms with Crippen LogP contribution in [-0.2, 0) is 24.0 Å². The number of hydrogen-bond donors (Lipinski definition) is 6. The smallest absolute Gasteiger partial charge is 0.326 e. The Morgan fingerprint density at radius 2 is 1.70 bits per heavy atom. The number of unbranched alkanes of at least 4 members (excludes halogenated alkanes) is 1. The Labute approximate surface area is 176 Å². The van der Waals surface area contributed by atoms with Crippen LogP contribution in [0.15, 0.2) is 0 Å². The van der Waals surface area contributed by atoms with E-state index in [1.54, 1.807) is 0 Å². The molecule has 3 amide bonds. The number of hydrogen-bond acceptors (Lipinski definition) is 7. The van der Waals surface area contributed by atoms with E-state index in [2.05, 4.69) is 21.3 Å². The lowest BCUT2D eigenvalue weighted by Crippen LogP contribution is -2.51. The first-order valence-electron chi connectivity index (χ1n) is 10.0. The van der Waals surface area contributed by atoms with Crippen molar-refractivity contribution < 1.29 is 29.1 Å². The molecule has 0 spiro atoms. The van der Waals surface area contributed by atoms with E-state index in [1.807, 2.05) is 13.8 Å². The molecule has 0 aromatic carbocycles. The maximum atomic E-state index is 12.4. The van der Waals surface area contributed by atoms with Crippen LogP contribution in [0.1, 0.15) is 52.4 Å². The van der Waals surface area contributed by atoms with Gasteiger partial charge in [0.15, 0.2) is 5.78 Å². The van der Waals surface area contributed by atoms with Crippen LogP contribution in [0.5, 0.6) is 0 Å². The van der Waals surface area contributed by atoms with E-state index < -0.39 is 42.2 Å². The lowest BCUT2D eigenvalue weighted by Gasteiger charge is -2.20. The summed E-state index contributed by atoms with van der Waals surface area (Å²) in [5.74, 6) is -3.68. The molecule has 0 aliphatic rings. The summed E-state index contributed by atoms with van der Waals surface area (Å²) in [7, 11) is 0. The van der Waals surface area contributed by atoms with Crippen molar-refractivity contribution in [2.45, 2.75) is 64.5 Å². The van der Waals surface area contributed by atoms with Crippen molar-refractivity contribution in [2.24, 2.45) is 5.73 Å². The summed E-state index contributed by atoms with van der Waals surface area (Å²) in [5.41, 5.74) is 5.44. The lowest BCUT2D eigenvalue weighted by molar-refractivity contribution is -0.143. The molecule has 170 valence electrons.